The van der Waals surface area contributed by atoms with Gasteiger partial charge in [0.1, 0.15) is 5.76 Å². The summed E-state index contributed by atoms with van der Waals surface area (Å²) in [6.07, 6.45) is 0. The van der Waals surface area contributed by atoms with Crippen LogP contribution in [0, 0.1) is 0 Å². The molecule has 0 saturated heterocycles. The van der Waals surface area contributed by atoms with Crippen molar-refractivity contribution in [2.45, 2.75) is 13.1 Å². The van der Waals surface area contributed by atoms with E-state index >= 15 is 0 Å². The van der Waals surface area contributed by atoms with Crippen LogP contribution >= 0.6 is 11.6 Å². The molecule has 1 heterocycles. The van der Waals surface area contributed by atoms with Gasteiger partial charge in [-0.3, -0.25) is 0 Å². The molecule has 0 saturated carbocycles. The van der Waals surface area contributed by atoms with Gasteiger partial charge in [0.15, 0.2) is 5.22 Å². The molecule has 1 aromatic heterocycles. The SMILES string of the molecule is Clc1ccc(CNCc2ccccc2)o1. The van der Waals surface area contributed by atoms with E-state index in [9.17, 15) is 0 Å². The minimum absolute atomic E-state index is 0.437. The fourth-order valence-electron chi connectivity index (χ4n) is 1.37. The largest absolute Gasteiger partial charge is 0.448 e. The maximum absolute atomic E-state index is 5.66. The highest BCUT2D eigenvalue weighted by Gasteiger charge is 1.98. The molecule has 78 valence electrons. The number of hydrogen-bond acceptors (Lipinski definition) is 2. The van der Waals surface area contributed by atoms with Crippen LogP contribution in [0.1, 0.15) is 11.3 Å². The van der Waals surface area contributed by atoms with Crippen molar-refractivity contribution in [3.8, 4) is 0 Å². The van der Waals surface area contributed by atoms with E-state index in [1.165, 1.54) is 5.56 Å². The summed E-state index contributed by atoms with van der Waals surface area (Å²) in [5.41, 5.74) is 1.26. The highest BCUT2D eigenvalue weighted by atomic mass is 35.5. The van der Waals surface area contributed by atoms with Gasteiger partial charge in [-0.05, 0) is 29.3 Å². The third kappa shape index (κ3) is 3.11. The maximum atomic E-state index is 5.66. The molecule has 0 aliphatic rings. The van der Waals surface area contributed by atoms with Gasteiger partial charge < -0.3 is 9.73 Å². The lowest BCUT2D eigenvalue weighted by molar-refractivity contribution is 0.484. The maximum Gasteiger partial charge on any atom is 0.193 e. The van der Waals surface area contributed by atoms with Gasteiger partial charge in [0, 0.05) is 6.54 Å². The van der Waals surface area contributed by atoms with Crippen molar-refractivity contribution in [3.05, 3.63) is 59.0 Å². The molecule has 0 aliphatic carbocycles. The van der Waals surface area contributed by atoms with E-state index in [2.05, 4.69) is 17.4 Å². The van der Waals surface area contributed by atoms with Crippen LogP contribution < -0.4 is 5.32 Å². The summed E-state index contributed by atoms with van der Waals surface area (Å²) >= 11 is 5.66. The van der Waals surface area contributed by atoms with Crippen LogP contribution in [0.2, 0.25) is 5.22 Å². The molecule has 3 heteroatoms. The minimum Gasteiger partial charge on any atom is -0.448 e. The summed E-state index contributed by atoms with van der Waals surface area (Å²) in [6, 6.07) is 13.9. The van der Waals surface area contributed by atoms with Crippen LogP contribution in [-0.4, -0.2) is 0 Å². The zero-order chi connectivity index (χ0) is 10.5. The van der Waals surface area contributed by atoms with E-state index in [1.54, 1.807) is 6.07 Å². The number of nitrogens with one attached hydrogen (secondary N) is 1. The molecule has 1 N–H and O–H groups in total. The van der Waals surface area contributed by atoms with Gasteiger partial charge in [-0.15, -0.1) is 0 Å². The van der Waals surface area contributed by atoms with Gasteiger partial charge in [-0.1, -0.05) is 30.3 Å². The molecule has 0 unspecified atom stereocenters. The Morgan fingerprint density at radius 3 is 2.47 bits per heavy atom. The number of furan rings is 1. The second-order valence-electron chi connectivity index (χ2n) is 3.29. The van der Waals surface area contributed by atoms with Crippen LogP contribution in [0.4, 0.5) is 0 Å². The topological polar surface area (TPSA) is 25.2 Å². The van der Waals surface area contributed by atoms with E-state index in [-0.39, 0.29) is 0 Å². The summed E-state index contributed by atoms with van der Waals surface area (Å²) in [5, 5.41) is 3.72. The number of halogens is 1. The lowest BCUT2D eigenvalue weighted by Gasteiger charge is -2.02. The Hall–Kier alpha value is -1.25. The van der Waals surface area contributed by atoms with Crippen molar-refractivity contribution in [1.82, 2.24) is 5.32 Å². The normalized spacial score (nSPS) is 10.5. The number of hydrogen-bond donors (Lipinski definition) is 1. The minimum atomic E-state index is 0.437. The summed E-state index contributed by atoms with van der Waals surface area (Å²) < 4.78 is 5.22. The first-order valence-electron chi connectivity index (χ1n) is 4.83. The van der Waals surface area contributed by atoms with Crippen LogP contribution in [0.25, 0.3) is 0 Å². The first-order chi connectivity index (χ1) is 7.34. The van der Waals surface area contributed by atoms with Gasteiger partial charge >= 0.3 is 0 Å². The Morgan fingerprint density at radius 1 is 1.00 bits per heavy atom. The third-order valence-electron chi connectivity index (χ3n) is 2.10. The standard InChI is InChI=1S/C12H12ClNO/c13-12-7-6-11(15-12)9-14-8-10-4-2-1-3-5-10/h1-7,14H,8-9H2. The molecule has 0 aliphatic heterocycles. The van der Waals surface area contributed by atoms with Gasteiger partial charge in [-0.2, -0.15) is 0 Å². The Bertz CT molecular complexity index is 411. The summed E-state index contributed by atoms with van der Waals surface area (Å²) in [6.45, 7) is 1.53. The Labute approximate surface area is 93.9 Å². The molecule has 0 spiro atoms. The third-order valence-corrected chi connectivity index (χ3v) is 2.30. The molecular formula is C12H12ClNO. The lowest BCUT2D eigenvalue weighted by atomic mass is 10.2. The fourth-order valence-corrected chi connectivity index (χ4v) is 1.53. The van der Waals surface area contributed by atoms with Crippen LogP contribution in [-0.2, 0) is 13.1 Å². The monoisotopic (exact) mass is 221 g/mol. The van der Waals surface area contributed by atoms with Crippen LogP contribution in [0.3, 0.4) is 0 Å². The molecule has 0 atom stereocenters. The number of benzene rings is 1. The van der Waals surface area contributed by atoms with Crippen molar-refractivity contribution in [2.24, 2.45) is 0 Å². The van der Waals surface area contributed by atoms with Gasteiger partial charge in [-0.25, -0.2) is 0 Å². The average Bonchev–Trinajstić information content (AvgIpc) is 2.66. The Morgan fingerprint density at radius 2 is 1.80 bits per heavy atom. The molecular weight excluding hydrogens is 210 g/mol. The van der Waals surface area contributed by atoms with E-state index in [4.69, 9.17) is 16.0 Å². The molecule has 2 nitrogen and oxygen atoms in total. The molecule has 2 rings (SSSR count). The summed E-state index contributed by atoms with van der Waals surface area (Å²) in [5.74, 6) is 0.857. The van der Waals surface area contributed by atoms with Crippen molar-refractivity contribution in [2.75, 3.05) is 0 Å². The highest BCUT2D eigenvalue weighted by Crippen LogP contribution is 2.12. The fraction of sp³-hybridized carbons (Fsp3) is 0.167. The Kier molecular flexibility index (Phi) is 3.43. The van der Waals surface area contributed by atoms with Gasteiger partial charge in [0.2, 0.25) is 0 Å². The lowest BCUT2D eigenvalue weighted by Crippen LogP contribution is -2.11. The van der Waals surface area contributed by atoms with E-state index < -0.39 is 0 Å². The average molecular weight is 222 g/mol. The van der Waals surface area contributed by atoms with Crippen molar-refractivity contribution in [1.29, 1.82) is 0 Å². The van der Waals surface area contributed by atoms with Crippen LogP contribution in [0.5, 0.6) is 0 Å². The number of rotatable bonds is 4. The van der Waals surface area contributed by atoms with Crippen molar-refractivity contribution < 1.29 is 4.42 Å². The molecule has 0 fully saturated rings. The zero-order valence-corrected chi connectivity index (χ0v) is 9.00. The van der Waals surface area contributed by atoms with E-state index in [0.29, 0.717) is 11.8 Å². The van der Waals surface area contributed by atoms with Crippen LogP contribution in [0.15, 0.2) is 46.9 Å². The molecule has 0 amide bonds. The van der Waals surface area contributed by atoms with Crippen molar-refractivity contribution >= 4 is 11.6 Å². The van der Waals surface area contributed by atoms with Crippen molar-refractivity contribution in [3.63, 3.8) is 0 Å². The molecule has 2 aromatic rings. The molecule has 0 radical (unpaired) electrons. The Balaban J connectivity index is 1.80. The first-order valence-corrected chi connectivity index (χ1v) is 5.21. The summed E-state index contributed by atoms with van der Waals surface area (Å²) in [7, 11) is 0. The highest BCUT2D eigenvalue weighted by molar-refractivity contribution is 6.28. The second-order valence-corrected chi connectivity index (χ2v) is 3.67. The quantitative estimate of drug-likeness (QED) is 0.858. The molecule has 0 bridgehead atoms. The molecule has 15 heavy (non-hydrogen) atoms. The first kappa shape index (κ1) is 10.3. The predicted molar refractivity (Wildman–Crippen MR) is 60.7 cm³/mol. The van der Waals surface area contributed by atoms with E-state index in [1.807, 2.05) is 24.3 Å². The van der Waals surface area contributed by atoms with E-state index in [0.717, 1.165) is 12.3 Å². The summed E-state index contributed by atoms with van der Waals surface area (Å²) in [4.78, 5) is 0. The predicted octanol–water partition coefficient (Wildman–Crippen LogP) is 3.22. The zero-order valence-electron chi connectivity index (χ0n) is 8.24. The second kappa shape index (κ2) is 5.01. The molecule has 1 aromatic carbocycles. The van der Waals surface area contributed by atoms with Gasteiger partial charge in [0.25, 0.3) is 0 Å². The van der Waals surface area contributed by atoms with Gasteiger partial charge in [0.05, 0.1) is 6.54 Å². The smallest absolute Gasteiger partial charge is 0.193 e.